The summed E-state index contributed by atoms with van der Waals surface area (Å²) in [5, 5.41) is 21.3. The van der Waals surface area contributed by atoms with E-state index in [1.807, 2.05) is 0 Å². The van der Waals surface area contributed by atoms with Gasteiger partial charge in [0, 0.05) is 19.7 Å². The molecule has 0 heterocycles. The summed E-state index contributed by atoms with van der Waals surface area (Å²) < 4.78 is 5.35. The molecule has 5 heteroatoms. The van der Waals surface area contributed by atoms with E-state index < -0.39 is 0 Å². The normalized spacial score (nSPS) is 12.2. The Morgan fingerprint density at radius 1 is 1.09 bits per heavy atom. The predicted molar refractivity (Wildman–Crippen MR) is 88.0 cm³/mol. The van der Waals surface area contributed by atoms with E-state index in [-0.39, 0.29) is 23.5 Å². The second kappa shape index (κ2) is 8.00. The molecule has 0 unspecified atom stereocenters. The van der Waals surface area contributed by atoms with E-state index in [1.165, 1.54) is 6.08 Å². The van der Waals surface area contributed by atoms with Crippen LogP contribution in [-0.2, 0) is 9.53 Å². The Bertz CT molecular complexity index is 662. The third-order valence-corrected chi connectivity index (χ3v) is 3.33. The zero-order chi connectivity index (χ0) is 16.7. The van der Waals surface area contributed by atoms with Crippen molar-refractivity contribution in [3.8, 4) is 11.5 Å². The largest absolute Gasteiger partial charge is 0.508 e. The topological polar surface area (TPSA) is 78.8 Å². The van der Waals surface area contributed by atoms with Crippen LogP contribution >= 0.6 is 0 Å². The van der Waals surface area contributed by atoms with Crippen molar-refractivity contribution in [1.82, 2.24) is 5.32 Å². The van der Waals surface area contributed by atoms with Gasteiger partial charge in [0.25, 0.3) is 0 Å². The molecule has 0 saturated carbocycles. The molecular weight excluding hydrogens is 294 g/mol. The fourth-order valence-electron chi connectivity index (χ4n) is 2.04. The molecule has 0 radical (unpaired) electrons. The molecule has 2 aromatic carbocycles. The van der Waals surface area contributed by atoms with Gasteiger partial charge in [-0.05, 0) is 41.5 Å². The first kappa shape index (κ1) is 16.6. The molecule has 5 nitrogen and oxygen atoms in total. The number of aromatic hydroxyl groups is 2. The van der Waals surface area contributed by atoms with Crippen LogP contribution in [0.1, 0.15) is 17.2 Å². The van der Waals surface area contributed by atoms with Gasteiger partial charge in [0.05, 0.1) is 6.10 Å². The van der Waals surface area contributed by atoms with Crippen LogP contribution in [0.15, 0.2) is 54.6 Å². The molecule has 120 valence electrons. The molecule has 2 aromatic rings. The Morgan fingerprint density at radius 2 is 1.65 bits per heavy atom. The summed E-state index contributed by atoms with van der Waals surface area (Å²) in [7, 11) is 1.57. The minimum atomic E-state index is -0.290. The molecule has 0 saturated heterocycles. The Balaban J connectivity index is 1.89. The van der Waals surface area contributed by atoms with Crippen molar-refractivity contribution < 1.29 is 19.7 Å². The summed E-state index contributed by atoms with van der Waals surface area (Å²) in [5.41, 5.74) is 1.69. The SMILES string of the molecule is CO[C@H](CNC(=O)/C=C/c1ccc(O)cc1)c1ccc(O)cc1. The summed E-state index contributed by atoms with van der Waals surface area (Å²) in [6, 6.07) is 13.2. The minimum absolute atomic E-state index is 0.184. The maximum atomic E-state index is 11.8. The smallest absolute Gasteiger partial charge is 0.244 e. The van der Waals surface area contributed by atoms with Gasteiger partial charge >= 0.3 is 0 Å². The van der Waals surface area contributed by atoms with E-state index in [0.29, 0.717) is 6.54 Å². The first-order valence-corrected chi connectivity index (χ1v) is 7.15. The van der Waals surface area contributed by atoms with Crippen molar-refractivity contribution in [3.63, 3.8) is 0 Å². The van der Waals surface area contributed by atoms with Gasteiger partial charge in [-0.25, -0.2) is 0 Å². The second-order valence-electron chi connectivity index (χ2n) is 4.99. The molecule has 0 aromatic heterocycles. The maximum Gasteiger partial charge on any atom is 0.244 e. The zero-order valence-electron chi connectivity index (χ0n) is 12.8. The highest BCUT2D eigenvalue weighted by Crippen LogP contribution is 2.18. The summed E-state index contributed by atoms with van der Waals surface area (Å²) >= 11 is 0. The number of amides is 1. The number of nitrogens with one attached hydrogen (secondary N) is 1. The molecule has 0 aliphatic heterocycles. The van der Waals surface area contributed by atoms with Crippen LogP contribution in [0.25, 0.3) is 6.08 Å². The van der Waals surface area contributed by atoms with Crippen molar-refractivity contribution in [1.29, 1.82) is 0 Å². The van der Waals surface area contributed by atoms with Crippen LogP contribution in [0.5, 0.6) is 11.5 Å². The molecule has 2 rings (SSSR count). The number of phenols is 2. The molecular formula is C18H19NO4. The summed E-state index contributed by atoms with van der Waals surface area (Å²) in [6.07, 6.45) is 2.80. The van der Waals surface area contributed by atoms with Gasteiger partial charge in [-0.2, -0.15) is 0 Å². The molecule has 1 atom stereocenters. The zero-order valence-corrected chi connectivity index (χ0v) is 12.8. The van der Waals surface area contributed by atoms with Crippen LogP contribution < -0.4 is 5.32 Å². The fourth-order valence-corrected chi connectivity index (χ4v) is 2.04. The predicted octanol–water partition coefficient (Wildman–Crippen LogP) is 2.61. The number of hydrogen-bond donors (Lipinski definition) is 3. The quantitative estimate of drug-likeness (QED) is 0.716. The van der Waals surface area contributed by atoms with E-state index in [9.17, 15) is 15.0 Å². The number of carbonyl (C=O) groups is 1. The van der Waals surface area contributed by atoms with Crippen LogP contribution in [0.4, 0.5) is 0 Å². The Morgan fingerprint density at radius 3 is 2.22 bits per heavy atom. The van der Waals surface area contributed by atoms with Gasteiger partial charge < -0.3 is 20.3 Å². The van der Waals surface area contributed by atoms with Crippen molar-refractivity contribution >= 4 is 12.0 Å². The number of rotatable bonds is 6. The highest BCUT2D eigenvalue weighted by molar-refractivity contribution is 5.91. The van der Waals surface area contributed by atoms with Gasteiger partial charge in [0.2, 0.25) is 5.91 Å². The van der Waals surface area contributed by atoms with Gasteiger partial charge in [0.1, 0.15) is 11.5 Å². The van der Waals surface area contributed by atoms with Gasteiger partial charge in [-0.15, -0.1) is 0 Å². The number of carbonyl (C=O) groups excluding carboxylic acids is 1. The van der Waals surface area contributed by atoms with Gasteiger partial charge in [0.15, 0.2) is 0 Å². The number of methoxy groups -OCH3 is 1. The highest BCUT2D eigenvalue weighted by atomic mass is 16.5. The first-order valence-electron chi connectivity index (χ1n) is 7.15. The average Bonchev–Trinajstić information content (AvgIpc) is 2.56. The third kappa shape index (κ3) is 5.16. The standard InChI is InChI=1S/C18H19NO4/c1-23-17(14-5-9-16(21)10-6-14)12-19-18(22)11-4-13-2-7-15(20)8-3-13/h2-11,17,20-21H,12H2,1H3,(H,19,22)/b11-4+/t17-/m1/s1. The lowest BCUT2D eigenvalue weighted by molar-refractivity contribution is -0.117. The van der Waals surface area contributed by atoms with Gasteiger partial charge in [-0.3, -0.25) is 4.79 Å². The molecule has 23 heavy (non-hydrogen) atoms. The Hall–Kier alpha value is -2.79. The lowest BCUT2D eigenvalue weighted by Gasteiger charge is -2.16. The summed E-state index contributed by atoms with van der Waals surface area (Å²) in [6.45, 7) is 0.319. The van der Waals surface area contributed by atoms with E-state index in [2.05, 4.69) is 5.32 Å². The number of benzene rings is 2. The van der Waals surface area contributed by atoms with Crippen molar-refractivity contribution in [3.05, 3.63) is 65.7 Å². The molecule has 0 bridgehead atoms. The molecule has 3 N–H and O–H groups in total. The fraction of sp³-hybridized carbons (Fsp3) is 0.167. The molecule has 0 aliphatic rings. The van der Waals surface area contributed by atoms with Gasteiger partial charge in [-0.1, -0.05) is 24.3 Å². The van der Waals surface area contributed by atoms with Crippen LogP contribution in [-0.4, -0.2) is 29.8 Å². The summed E-state index contributed by atoms with van der Waals surface area (Å²) in [4.78, 5) is 11.8. The second-order valence-corrected chi connectivity index (χ2v) is 4.99. The molecule has 0 fully saturated rings. The number of hydrogen-bond acceptors (Lipinski definition) is 4. The van der Waals surface area contributed by atoms with Crippen molar-refractivity contribution in [2.45, 2.75) is 6.10 Å². The Kier molecular flexibility index (Phi) is 5.77. The van der Waals surface area contributed by atoms with Crippen LogP contribution in [0, 0.1) is 0 Å². The monoisotopic (exact) mass is 313 g/mol. The van der Waals surface area contributed by atoms with Crippen LogP contribution in [0.3, 0.4) is 0 Å². The maximum absolute atomic E-state index is 11.8. The first-order chi connectivity index (χ1) is 11.1. The van der Waals surface area contributed by atoms with E-state index in [0.717, 1.165) is 11.1 Å². The molecule has 0 aliphatic carbocycles. The van der Waals surface area contributed by atoms with E-state index >= 15 is 0 Å². The third-order valence-electron chi connectivity index (χ3n) is 3.33. The lowest BCUT2D eigenvalue weighted by Crippen LogP contribution is -2.27. The minimum Gasteiger partial charge on any atom is -0.508 e. The van der Waals surface area contributed by atoms with E-state index in [1.54, 1.807) is 61.7 Å². The van der Waals surface area contributed by atoms with Crippen molar-refractivity contribution in [2.75, 3.05) is 13.7 Å². The average molecular weight is 313 g/mol. The molecule has 1 amide bonds. The lowest BCUT2D eigenvalue weighted by atomic mass is 10.1. The number of phenolic OH excluding ortho intramolecular Hbond substituents is 2. The molecule has 0 spiro atoms. The van der Waals surface area contributed by atoms with E-state index in [4.69, 9.17) is 4.74 Å². The Labute approximate surface area is 134 Å². The van der Waals surface area contributed by atoms with Crippen molar-refractivity contribution in [2.24, 2.45) is 0 Å². The summed E-state index contributed by atoms with van der Waals surface area (Å²) in [5.74, 6) is 0.131. The highest BCUT2D eigenvalue weighted by Gasteiger charge is 2.11. The number of ether oxygens (including phenoxy) is 1. The van der Waals surface area contributed by atoms with Crippen LogP contribution in [0.2, 0.25) is 0 Å².